The molecule has 1 aliphatic carbocycles. The lowest BCUT2D eigenvalue weighted by molar-refractivity contribution is -0.137. The number of nitrogens with one attached hydrogen (secondary N) is 1. The van der Waals surface area contributed by atoms with E-state index in [1.165, 1.54) is 18.2 Å². The third-order valence-corrected chi connectivity index (χ3v) is 6.37. The predicted molar refractivity (Wildman–Crippen MR) is 109 cm³/mol. The van der Waals surface area contributed by atoms with Crippen LogP contribution in [0.15, 0.2) is 42.5 Å². The summed E-state index contributed by atoms with van der Waals surface area (Å²) in [6.45, 7) is -0.145. The maximum atomic E-state index is 14.2. The molecule has 2 bridgehead atoms. The fraction of sp³-hybridized carbons (Fsp3) is 0.304. The van der Waals surface area contributed by atoms with Gasteiger partial charge in [-0.1, -0.05) is 18.2 Å². The molecule has 0 saturated carbocycles. The summed E-state index contributed by atoms with van der Waals surface area (Å²) in [5, 5.41) is 2.47. The van der Waals surface area contributed by atoms with E-state index in [1.807, 2.05) is 6.08 Å². The molecular formula is C23H18F5N3O2. The Morgan fingerprint density at radius 2 is 1.82 bits per heavy atom. The largest absolute Gasteiger partial charge is 0.416 e. The number of benzene rings is 2. The lowest BCUT2D eigenvalue weighted by atomic mass is 9.98. The minimum Gasteiger partial charge on any atom is -0.333 e. The van der Waals surface area contributed by atoms with Crippen LogP contribution in [0, 0.1) is 17.6 Å². The second-order valence-corrected chi connectivity index (χ2v) is 8.43. The number of hydrogen-bond donors (Lipinski definition) is 1. The SMILES string of the molecule is O=C1Nc2ccc(F)c(F)c2CN1CC(=O)N1C[C@@H]2C=C(c3ccc(C(F)(F)F)cc3)[C@H]1C2. The van der Waals surface area contributed by atoms with Gasteiger partial charge in [0.15, 0.2) is 11.6 Å². The van der Waals surface area contributed by atoms with E-state index in [0.717, 1.165) is 28.7 Å². The van der Waals surface area contributed by atoms with Crippen LogP contribution >= 0.6 is 0 Å². The molecule has 2 atom stereocenters. The second-order valence-electron chi connectivity index (χ2n) is 8.43. The molecular weight excluding hydrogens is 445 g/mol. The van der Waals surface area contributed by atoms with Crippen molar-refractivity contribution in [2.45, 2.75) is 25.2 Å². The van der Waals surface area contributed by atoms with Gasteiger partial charge in [-0.15, -0.1) is 0 Å². The maximum Gasteiger partial charge on any atom is 0.416 e. The van der Waals surface area contributed by atoms with Crippen molar-refractivity contribution in [3.05, 3.63) is 70.8 Å². The van der Waals surface area contributed by atoms with Crippen molar-refractivity contribution in [3.63, 3.8) is 0 Å². The molecule has 0 radical (unpaired) electrons. The summed E-state index contributed by atoms with van der Waals surface area (Å²) in [5.74, 6) is -2.41. The average Bonchev–Trinajstić information content (AvgIpc) is 3.38. The van der Waals surface area contributed by atoms with Gasteiger partial charge in [0.05, 0.1) is 23.8 Å². The van der Waals surface area contributed by atoms with E-state index in [9.17, 15) is 31.5 Å². The molecule has 1 saturated heterocycles. The molecule has 10 heteroatoms. The molecule has 0 aromatic heterocycles. The van der Waals surface area contributed by atoms with Gasteiger partial charge in [0, 0.05) is 12.1 Å². The summed E-state index contributed by atoms with van der Waals surface area (Å²) >= 11 is 0. The molecule has 5 nitrogen and oxygen atoms in total. The van der Waals surface area contributed by atoms with Crippen LogP contribution in [0.2, 0.25) is 0 Å². The number of anilines is 1. The molecule has 1 N–H and O–H groups in total. The number of alkyl halides is 3. The van der Waals surface area contributed by atoms with Gasteiger partial charge < -0.3 is 15.1 Å². The Bertz CT molecular complexity index is 1180. The number of carbonyl (C=O) groups is 2. The molecule has 2 aliphatic heterocycles. The number of urea groups is 1. The summed E-state index contributed by atoms with van der Waals surface area (Å²) in [4.78, 5) is 28.1. The Balaban J connectivity index is 1.31. The molecule has 33 heavy (non-hydrogen) atoms. The van der Waals surface area contributed by atoms with Crippen molar-refractivity contribution < 1.29 is 31.5 Å². The van der Waals surface area contributed by atoms with E-state index in [2.05, 4.69) is 5.32 Å². The van der Waals surface area contributed by atoms with Crippen molar-refractivity contribution in [2.75, 3.05) is 18.4 Å². The monoisotopic (exact) mass is 463 g/mol. The number of likely N-dealkylation sites (tertiary alicyclic amines) is 1. The normalized spacial score (nSPS) is 21.7. The van der Waals surface area contributed by atoms with E-state index in [1.54, 1.807) is 4.90 Å². The molecule has 3 amide bonds. The lowest BCUT2D eigenvalue weighted by Gasteiger charge is -2.33. The van der Waals surface area contributed by atoms with Gasteiger partial charge in [-0.3, -0.25) is 4.79 Å². The van der Waals surface area contributed by atoms with E-state index in [4.69, 9.17) is 0 Å². The highest BCUT2D eigenvalue weighted by Gasteiger charge is 2.43. The topological polar surface area (TPSA) is 52.7 Å². The quantitative estimate of drug-likeness (QED) is 0.675. The van der Waals surface area contributed by atoms with Crippen LogP contribution in [-0.2, 0) is 17.5 Å². The van der Waals surface area contributed by atoms with Crippen molar-refractivity contribution in [3.8, 4) is 0 Å². The fourth-order valence-electron chi connectivity index (χ4n) is 4.77. The van der Waals surface area contributed by atoms with Crippen molar-refractivity contribution in [1.29, 1.82) is 0 Å². The van der Waals surface area contributed by atoms with E-state index in [0.29, 0.717) is 18.5 Å². The highest BCUT2D eigenvalue weighted by atomic mass is 19.4. The minimum atomic E-state index is -4.43. The van der Waals surface area contributed by atoms with Gasteiger partial charge >= 0.3 is 12.2 Å². The summed E-state index contributed by atoms with van der Waals surface area (Å²) < 4.78 is 66.3. The van der Waals surface area contributed by atoms with Gasteiger partial charge in [0.1, 0.15) is 6.54 Å². The van der Waals surface area contributed by atoms with Crippen LogP contribution in [0.4, 0.5) is 32.4 Å². The van der Waals surface area contributed by atoms with Crippen LogP contribution in [-0.4, -0.2) is 40.9 Å². The van der Waals surface area contributed by atoms with Gasteiger partial charge in [-0.05, 0) is 47.7 Å². The van der Waals surface area contributed by atoms with Crippen molar-refractivity contribution >= 4 is 23.2 Å². The first-order chi connectivity index (χ1) is 15.6. The first kappa shape index (κ1) is 21.4. The average molecular weight is 463 g/mol. The molecule has 0 spiro atoms. The zero-order valence-electron chi connectivity index (χ0n) is 17.1. The molecule has 2 aromatic carbocycles. The standard InChI is InChI=1S/C23H18F5N3O2/c24-17-5-6-18-16(21(17)25)10-30(22(33)29-18)11-20(32)31-9-12-7-15(19(31)8-12)13-1-3-14(4-2-13)23(26,27)28/h1-7,12,19H,8-11H2,(H,29,33)/t12-,19-/m1/s1. The molecule has 5 rings (SSSR count). The van der Waals surface area contributed by atoms with E-state index in [-0.39, 0.29) is 42.2 Å². The van der Waals surface area contributed by atoms with E-state index < -0.39 is 29.4 Å². The minimum absolute atomic E-state index is 0.0318. The first-order valence-corrected chi connectivity index (χ1v) is 10.3. The Morgan fingerprint density at radius 3 is 2.48 bits per heavy atom. The van der Waals surface area contributed by atoms with Gasteiger partial charge in [-0.25, -0.2) is 13.6 Å². The zero-order chi connectivity index (χ0) is 23.5. The second kappa shape index (κ2) is 7.57. The number of hydrogen-bond acceptors (Lipinski definition) is 2. The highest BCUT2D eigenvalue weighted by molar-refractivity contribution is 5.95. The molecule has 0 unspecified atom stereocenters. The third kappa shape index (κ3) is 3.73. The number of carbonyl (C=O) groups excluding carboxylic acids is 2. The Kier molecular flexibility index (Phi) is 4.91. The number of halogens is 5. The number of fused-ring (bicyclic) bond motifs is 3. The molecule has 2 aromatic rings. The predicted octanol–water partition coefficient (Wildman–Crippen LogP) is 4.65. The Hall–Kier alpha value is -3.43. The molecule has 1 fully saturated rings. The lowest BCUT2D eigenvalue weighted by Crippen LogP contribution is -2.48. The number of amides is 3. The zero-order valence-corrected chi connectivity index (χ0v) is 17.1. The Morgan fingerprint density at radius 1 is 1.09 bits per heavy atom. The third-order valence-electron chi connectivity index (χ3n) is 6.37. The number of rotatable bonds is 3. The maximum absolute atomic E-state index is 14.2. The summed E-state index contributed by atoms with van der Waals surface area (Å²) in [5.41, 5.74) is 0.763. The Labute approximate surface area is 185 Å². The van der Waals surface area contributed by atoms with Gasteiger partial charge in [-0.2, -0.15) is 13.2 Å². The van der Waals surface area contributed by atoms with Crippen LogP contribution < -0.4 is 5.32 Å². The van der Waals surface area contributed by atoms with Gasteiger partial charge in [0.25, 0.3) is 0 Å². The van der Waals surface area contributed by atoms with E-state index >= 15 is 0 Å². The van der Waals surface area contributed by atoms with Crippen LogP contribution in [0.5, 0.6) is 0 Å². The van der Waals surface area contributed by atoms with Gasteiger partial charge in [0.2, 0.25) is 5.91 Å². The smallest absolute Gasteiger partial charge is 0.333 e. The molecule has 172 valence electrons. The summed E-state index contributed by atoms with van der Waals surface area (Å²) in [6, 6.07) is 6.10. The first-order valence-electron chi connectivity index (χ1n) is 10.3. The van der Waals surface area contributed by atoms with Crippen molar-refractivity contribution in [2.24, 2.45) is 5.92 Å². The summed E-state index contributed by atoms with van der Waals surface area (Å²) in [6.07, 6.45) is -1.81. The highest BCUT2D eigenvalue weighted by Crippen LogP contribution is 2.42. The summed E-state index contributed by atoms with van der Waals surface area (Å²) in [7, 11) is 0. The molecule has 2 heterocycles. The van der Waals surface area contributed by atoms with Crippen LogP contribution in [0.3, 0.4) is 0 Å². The van der Waals surface area contributed by atoms with Crippen molar-refractivity contribution in [1.82, 2.24) is 9.80 Å². The fourth-order valence-corrected chi connectivity index (χ4v) is 4.77. The number of nitrogens with zero attached hydrogens (tertiary/aromatic N) is 2. The van der Waals surface area contributed by atoms with Crippen LogP contribution in [0.25, 0.3) is 5.57 Å². The molecule has 3 aliphatic rings. The van der Waals surface area contributed by atoms with Crippen LogP contribution in [0.1, 0.15) is 23.1 Å².